The molecule has 0 heterocycles. The van der Waals surface area contributed by atoms with Crippen LogP contribution in [0.15, 0.2) is 0 Å². The summed E-state index contributed by atoms with van der Waals surface area (Å²) in [5.41, 5.74) is 0. The zero-order valence-corrected chi connectivity index (χ0v) is 9.25. The largest absolute Gasteiger partial charge is 0.466 e. The van der Waals surface area contributed by atoms with Gasteiger partial charge in [-0.3, -0.25) is 4.79 Å². The Bertz CT molecular complexity index is 147. The molecule has 0 N–H and O–H groups in total. The Morgan fingerprint density at radius 2 is 2.07 bits per heavy atom. The van der Waals surface area contributed by atoms with E-state index in [9.17, 15) is 4.79 Å². The molecule has 0 aromatic carbocycles. The van der Waals surface area contributed by atoms with Gasteiger partial charge < -0.3 is 14.2 Å². The maximum atomic E-state index is 11.1. The van der Waals surface area contributed by atoms with Crippen molar-refractivity contribution in [2.45, 2.75) is 20.3 Å². The summed E-state index contributed by atoms with van der Waals surface area (Å²) in [5.74, 6) is -0.378. The Morgan fingerprint density at radius 1 is 1.36 bits per heavy atom. The molecule has 0 saturated heterocycles. The lowest BCUT2D eigenvalue weighted by molar-refractivity contribution is -0.149. The van der Waals surface area contributed by atoms with Gasteiger partial charge in [0, 0.05) is 20.3 Å². The average Bonchev–Trinajstić information content (AvgIpc) is 2.17. The second-order valence-corrected chi connectivity index (χ2v) is 3.07. The maximum Gasteiger partial charge on any atom is 0.310 e. The fourth-order valence-electron chi connectivity index (χ4n) is 0.918. The van der Waals surface area contributed by atoms with Crippen molar-refractivity contribution in [1.29, 1.82) is 0 Å². The first-order valence-corrected chi connectivity index (χ1v) is 4.95. The molecule has 0 spiro atoms. The van der Waals surface area contributed by atoms with Crippen molar-refractivity contribution in [2.75, 3.05) is 33.5 Å². The molecule has 0 radical (unpaired) electrons. The van der Waals surface area contributed by atoms with E-state index >= 15 is 0 Å². The van der Waals surface area contributed by atoms with E-state index in [4.69, 9.17) is 14.2 Å². The third kappa shape index (κ3) is 6.86. The number of hydrogen-bond donors (Lipinski definition) is 0. The van der Waals surface area contributed by atoms with Crippen LogP contribution >= 0.6 is 0 Å². The van der Waals surface area contributed by atoms with Crippen molar-refractivity contribution in [2.24, 2.45) is 5.92 Å². The highest BCUT2D eigenvalue weighted by atomic mass is 16.5. The van der Waals surface area contributed by atoms with Gasteiger partial charge >= 0.3 is 5.97 Å². The lowest BCUT2D eigenvalue weighted by Gasteiger charge is -2.10. The van der Waals surface area contributed by atoms with Crippen LogP contribution in [0.5, 0.6) is 0 Å². The Hall–Kier alpha value is -0.610. The third-order valence-electron chi connectivity index (χ3n) is 1.69. The first kappa shape index (κ1) is 13.4. The van der Waals surface area contributed by atoms with Crippen LogP contribution in [-0.4, -0.2) is 39.5 Å². The van der Waals surface area contributed by atoms with Crippen LogP contribution in [0.1, 0.15) is 20.3 Å². The molecule has 0 amide bonds. The number of rotatable bonds is 8. The molecule has 0 aliphatic carbocycles. The molecule has 0 aromatic heterocycles. The van der Waals surface area contributed by atoms with Crippen molar-refractivity contribution < 1.29 is 19.0 Å². The summed E-state index contributed by atoms with van der Waals surface area (Å²) < 4.78 is 15.0. The van der Waals surface area contributed by atoms with E-state index in [0.29, 0.717) is 26.4 Å². The van der Waals surface area contributed by atoms with Crippen molar-refractivity contribution in [1.82, 2.24) is 0 Å². The van der Waals surface area contributed by atoms with Gasteiger partial charge in [0.05, 0.1) is 19.1 Å². The zero-order chi connectivity index (χ0) is 10.8. The van der Waals surface area contributed by atoms with Crippen molar-refractivity contribution in [3.63, 3.8) is 0 Å². The van der Waals surface area contributed by atoms with Gasteiger partial charge in [-0.05, 0) is 20.3 Å². The van der Waals surface area contributed by atoms with Gasteiger partial charge in [0.15, 0.2) is 0 Å². The molecule has 1 atom stereocenters. The molecule has 0 aliphatic heterocycles. The van der Waals surface area contributed by atoms with Gasteiger partial charge in [-0.1, -0.05) is 0 Å². The van der Waals surface area contributed by atoms with E-state index in [2.05, 4.69) is 0 Å². The average molecular weight is 204 g/mol. The van der Waals surface area contributed by atoms with E-state index in [0.717, 1.165) is 6.42 Å². The first-order valence-electron chi connectivity index (χ1n) is 4.95. The second-order valence-electron chi connectivity index (χ2n) is 3.07. The minimum absolute atomic E-state index is 0.183. The van der Waals surface area contributed by atoms with E-state index in [-0.39, 0.29) is 11.9 Å². The van der Waals surface area contributed by atoms with Crippen molar-refractivity contribution in [3.8, 4) is 0 Å². The normalized spacial score (nSPS) is 12.5. The molecular weight excluding hydrogens is 184 g/mol. The predicted molar refractivity (Wildman–Crippen MR) is 53.1 cm³/mol. The highest BCUT2D eigenvalue weighted by Gasteiger charge is 2.13. The first-order chi connectivity index (χ1) is 6.72. The molecule has 1 unspecified atom stereocenters. The highest BCUT2D eigenvalue weighted by Crippen LogP contribution is 1.99. The Labute approximate surface area is 85.5 Å². The van der Waals surface area contributed by atoms with Crippen LogP contribution in [0.25, 0.3) is 0 Å². The van der Waals surface area contributed by atoms with E-state index in [1.807, 2.05) is 0 Å². The van der Waals surface area contributed by atoms with Crippen LogP contribution in [-0.2, 0) is 19.0 Å². The number of methoxy groups -OCH3 is 1. The molecule has 0 rings (SSSR count). The SMILES string of the molecule is CCOC(=O)C(C)COCCCOC. The fourth-order valence-corrected chi connectivity index (χ4v) is 0.918. The van der Waals surface area contributed by atoms with Crippen molar-refractivity contribution >= 4 is 5.97 Å². The molecular formula is C10H20O4. The molecule has 0 bridgehead atoms. The number of esters is 1. The minimum atomic E-state index is -0.195. The van der Waals surface area contributed by atoms with Crippen molar-refractivity contribution in [3.05, 3.63) is 0 Å². The van der Waals surface area contributed by atoms with Gasteiger partial charge in [-0.15, -0.1) is 0 Å². The summed E-state index contributed by atoms with van der Waals surface area (Å²) in [7, 11) is 1.65. The Kier molecular flexibility index (Phi) is 8.57. The predicted octanol–water partition coefficient (Wildman–Crippen LogP) is 1.24. The summed E-state index contributed by atoms with van der Waals surface area (Å²) in [6.45, 7) is 5.75. The zero-order valence-electron chi connectivity index (χ0n) is 9.25. The summed E-state index contributed by atoms with van der Waals surface area (Å²) in [4.78, 5) is 11.1. The summed E-state index contributed by atoms with van der Waals surface area (Å²) in [6.07, 6.45) is 0.853. The quantitative estimate of drug-likeness (QED) is 0.441. The highest BCUT2D eigenvalue weighted by molar-refractivity contribution is 5.72. The Balaban J connectivity index is 3.34. The van der Waals surface area contributed by atoms with Crippen LogP contribution in [0.4, 0.5) is 0 Å². The molecule has 14 heavy (non-hydrogen) atoms. The summed E-state index contributed by atoms with van der Waals surface area (Å²) in [5, 5.41) is 0. The molecule has 0 aliphatic rings. The van der Waals surface area contributed by atoms with Gasteiger partial charge in [0.2, 0.25) is 0 Å². The third-order valence-corrected chi connectivity index (χ3v) is 1.69. The topological polar surface area (TPSA) is 44.8 Å². The molecule has 4 nitrogen and oxygen atoms in total. The van der Waals surface area contributed by atoms with E-state index in [1.54, 1.807) is 21.0 Å². The lowest BCUT2D eigenvalue weighted by atomic mass is 10.2. The minimum Gasteiger partial charge on any atom is -0.466 e. The van der Waals surface area contributed by atoms with Crippen LogP contribution in [0, 0.1) is 5.92 Å². The van der Waals surface area contributed by atoms with E-state index in [1.165, 1.54) is 0 Å². The maximum absolute atomic E-state index is 11.1. The molecule has 84 valence electrons. The standard InChI is InChI=1S/C10H20O4/c1-4-14-10(11)9(2)8-13-7-5-6-12-3/h9H,4-8H2,1-3H3. The van der Waals surface area contributed by atoms with Crippen LogP contribution in [0.3, 0.4) is 0 Å². The number of carbonyl (C=O) groups excluding carboxylic acids is 1. The fraction of sp³-hybridized carbons (Fsp3) is 0.900. The monoisotopic (exact) mass is 204 g/mol. The van der Waals surface area contributed by atoms with Gasteiger partial charge in [-0.25, -0.2) is 0 Å². The smallest absolute Gasteiger partial charge is 0.310 e. The number of hydrogen-bond acceptors (Lipinski definition) is 4. The number of carbonyl (C=O) groups is 1. The van der Waals surface area contributed by atoms with Gasteiger partial charge in [0.1, 0.15) is 0 Å². The molecule has 0 aromatic rings. The van der Waals surface area contributed by atoms with Gasteiger partial charge in [0.25, 0.3) is 0 Å². The van der Waals surface area contributed by atoms with Gasteiger partial charge in [-0.2, -0.15) is 0 Å². The van der Waals surface area contributed by atoms with E-state index < -0.39 is 0 Å². The van der Waals surface area contributed by atoms with Crippen LogP contribution < -0.4 is 0 Å². The summed E-state index contributed by atoms with van der Waals surface area (Å²) in [6, 6.07) is 0. The number of ether oxygens (including phenoxy) is 3. The lowest BCUT2D eigenvalue weighted by Crippen LogP contribution is -2.20. The molecule has 0 fully saturated rings. The van der Waals surface area contributed by atoms with Crippen LogP contribution in [0.2, 0.25) is 0 Å². The molecule has 4 heteroatoms. The second kappa shape index (κ2) is 8.97. The Morgan fingerprint density at radius 3 is 2.64 bits per heavy atom. The summed E-state index contributed by atoms with van der Waals surface area (Å²) >= 11 is 0. The molecule has 0 saturated carbocycles.